The van der Waals surface area contributed by atoms with E-state index < -0.39 is 24.8 Å². The Morgan fingerprint density at radius 3 is 2.79 bits per heavy atom. The predicted molar refractivity (Wildman–Crippen MR) is 64.5 cm³/mol. The molecule has 19 heavy (non-hydrogen) atoms. The van der Waals surface area contributed by atoms with Crippen molar-refractivity contribution in [1.82, 2.24) is 0 Å². The molecule has 102 valence electrons. The van der Waals surface area contributed by atoms with Crippen molar-refractivity contribution in [3.05, 3.63) is 29.8 Å². The zero-order chi connectivity index (χ0) is 14.5. The highest BCUT2D eigenvalue weighted by molar-refractivity contribution is 5.94. The minimum Gasteiger partial charge on any atom is -0.359 e. The van der Waals surface area contributed by atoms with E-state index in [1.807, 2.05) is 0 Å². The maximum atomic E-state index is 11.9. The summed E-state index contributed by atoms with van der Waals surface area (Å²) in [6.07, 6.45) is -0.480. The van der Waals surface area contributed by atoms with Gasteiger partial charge in [0, 0.05) is 11.3 Å². The Kier molecular flexibility index (Phi) is 4.95. The smallest absolute Gasteiger partial charge is 0.359 e. The van der Waals surface area contributed by atoms with Crippen LogP contribution in [0.2, 0.25) is 0 Å². The molecule has 1 N–H and O–H groups in total. The molecule has 0 aromatic heterocycles. The van der Waals surface area contributed by atoms with Crippen molar-refractivity contribution in [2.24, 2.45) is 0 Å². The monoisotopic (exact) mass is 271 g/mol. The molecule has 6 heteroatoms. The van der Waals surface area contributed by atoms with Crippen LogP contribution in [0.4, 0.5) is 18.9 Å². The maximum absolute atomic E-state index is 11.9. The highest BCUT2D eigenvalue weighted by Crippen LogP contribution is 2.16. The number of terminal acetylenes is 1. The largest absolute Gasteiger partial charge is 0.411 e. The van der Waals surface area contributed by atoms with Gasteiger partial charge < -0.3 is 10.1 Å². The second kappa shape index (κ2) is 6.25. The fourth-order valence-corrected chi connectivity index (χ4v) is 1.23. The van der Waals surface area contributed by atoms with E-state index in [9.17, 15) is 18.0 Å². The van der Waals surface area contributed by atoms with Gasteiger partial charge in [0.2, 0.25) is 0 Å². The van der Waals surface area contributed by atoms with Gasteiger partial charge in [-0.05, 0) is 25.1 Å². The molecule has 1 atom stereocenters. The van der Waals surface area contributed by atoms with Crippen molar-refractivity contribution >= 4 is 11.6 Å². The molecule has 0 aliphatic heterocycles. The van der Waals surface area contributed by atoms with E-state index in [4.69, 9.17) is 6.42 Å². The van der Waals surface area contributed by atoms with Crippen LogP contribution < -0.4 is 5.32 Å². The zero-order valence-electron chi connectivity index (χ0n) is 10.1. The fourth-order valence-electron chi connectivity index (χ4n) is 1.23. The third-order valence-electron chi connectivity index (χ3n) is 2.16. The topological polar surface area (TPSA) is 38.3 Å². The highest BCUT2D eigenvalue weighted by Gasteiger charge is 2.29. The van der Waals surface area contributed by atoms with Crippen LogP contribution in [-0.2, 0) is 9.53 Å². The summed E-state index contributed by atoms with van der Waals surface area (Å²) in [5.41, 5.74) is 0.963. The number of benzene rings is 1. The van der Waals surface area contributed by atoms with E-state index in [1.54, 1.807) is 18.2 Å². The maximum Gasteiger partial charge on any atom is 0.411 e. The standard InChI is InChI=1S/C13H12F3NO2/c1-3-10-5-4-6-11(7-10)17-12(18)9(2)19-8-13(14,15)16/h1,4-7,9H,8H2,2H3,(H,17,18)/t9-/m0/s1. The van der Waals surface area contributed by atoms with Gasteiger partial charge in [-0.15, -0.1) is 6.42 Å². The van der Waals surface area contributed by atoms with E-state index in [1.165, 1.54) is 13.0 Å². The third kappa shape index (κ3) is 5.44. The summed E-state index contributed by atoms with van der Waals surface area (Å²) in [7, 11) is 0. The molecule has 1 aromatic rings. The van der Waals surface area contributed by atoms with Crippen LogP contribution in [-0.4, -0.2) is 24.8 Å². The molecule has 0 saturated heterocycles. The Hall–Kier alpha value is -2.00. The van der Waals surface area contributed by atoms with E-state index >= 15 is 0 Å². The Bertz CT molecular complexity index is 491. The summed E-state index contributed by atoms with van der Waals surface area (Å²) < 4.78 is 40.2. The van der Waals surface area contributed by atoms with Crippen molar-refractivity contribution < 1.29 is 22.7 Å². The molecule has 0 fully saturated rings. The number of halogens is 3. The summed E-state index contributed by atoms with van der Waals surface area (Å²) in [5.74, 6) is 1.72. The minimum atomic E-state index is -4.46. The zero-order valence-corrected chi connectivity index (χ0v) is 10.1. The first-order valence-electron chi connectivity index (χ1n) is 5.38. The quantitative estimate of drug-likeness (QED) is 0.855. The van der Waals surface area contributed by atoms with Crippen LogP contribution in [0.1, 0.15) is 12.5 Å². The molecule has 3 nitrogen and oxygen atoms in total. The van der Waals surface area contributed by atoms with Crippen LogP contribution in [0, 0.1) is 12.3 Å². The van der Waals surface area contributed by atoms with Gasteiger partial charge in [-0.3, -0.25) is 4.79 Å². The molecule has 1 rings (SSSR count). The average Bonchev–Trinajstić information content (AvgIpc) is 2.35. The van der Waals surface area contributed by atoms with Gasteiger partial charge in [-0.1, -0.05) is 12.0 Å². The van der Waals surface area contributed by atoms with Crippen molar-refractivity contribution in [2.45, 2.75) is 19.2 Å². The molecule has 0 saturated carbocycles. The lowest BCUT2D eigenvalue weighted by molar-refractivity contribution is -0.184. The number of amides is 1. The second-order valence-electron chi connectivity index (χ2n) is 3.78. The number of anilines is 1. The number of rotatable bonds is 4. The van der Waals surface area contributed by atoms with Gasteiger partial charge in [-0.2, -0.15) is 13.2 Å². The summed E-state index contributed by atoms with van der Waals surface area (Å²) in [6.45, 7) is -0.224. The third-order valence-corrected chi connectivity index (χ3v) is 2.16. The Balaban J connectivity index is 2.57. The SMILES string of the molecule is C#Cc1cccc(NC(=O)[C@H](C)OCC(F)(F)F)c1. The van der Waals surface area contributed by atoms with Crippen LogP contribution >= 0.6 is 0 Å². The van der Waals surface area contributed by atoms with Gasteiger partial charge in [0.1, 0.15) is 12.7 Å². The highest BCUT2D eigenvalue weighted by atomic mass is 19.4. The van der Waals surface area contributed by atoms with Gasteiger partial charge >= 0.3 is 6.18 Å². The van der Waals surface area contributed by atoms with Crippen molar-refractivity contribution in [3.8, 4) is 12.3 Å². The van der Waals surface area contributed by atoms with Crippen LogP contribution in [0.25, 0.3) is 0 Å². The lowest BCUT2D eigenvalue weighted by atomic mass is 10.2. The normalized spacial score (nSPS) is 12.6. The molecular weight excluding hydrogens is 259 g/mol. The predicted octanol–water partition coefficient (Wildman–Crippen LogP) is 2.57. The lowest BCUT2D eigenvalue weighted by Crippen LogP contribution is -2.31. The van der Waals surface area contributed by atoms with E-state index in [2.05, 4.69) is 16.0 Å². The molecule has 0 aliphatic carbocycles. The molecule has 0 radical (unpaired) electrons. The van der Waals surface area contributed by atoms with Crippen LogP contribution in [0.15, 0.2) is 24.3 Å². The first-order chi connectivity index (χ1) is 8.81. The van der Waals surface area contributed by atoms with Crippen LogP contribution in [0.3, 0.4) is 0 Å². The van der Waals surface area contributed by atoms with Gasteiger partial charge in [0.05, 0.1) is 0 Å². The number of carbonyl (C=O) groups is 1. The van der Waals surface area contributed by atoms with Gasteiger partial charge in [-0.25, -0.2) is 0 Å². The number of ether oxygens (including phenoxy) is 1. The van der Waals surface area contributed by atoms with Gasteiger partial charge in [0.25, 0.3) is 5.91 Å². The first kappa shape index (κ1) is 15.1. The number of nitrogens with one attached hydrogen (secondary N) is 1. The number of hydrogen-bond acceptors (Lipinski definition) is 2. The van der Waals surface area contributed by atoms with Crippen molar-refractivity contribution in [1.29, 1.82) is 0 Å². The Labute approximate surface area is 108 Å². The molecule has 0 heterocycles. The first-order valence-corrected chi connectivity index (χ1v) is 5.38. The van der Waals surface area contributed by atoms with Crippen molar-refractivity contribution in [3.63, 3.8) is 0 Å². The molecule has 1 amide bonds. The van der Waals surface area contributed by atoms with Crippen molar-refractivity contribution in [2.75, 3.05) is 11.9 Å². The Morgan fingerprint density at radius 2 is 2.21 bits per heavy atom. The number of carbonyl (C=O) groups excluding carboxylic acids is 1. The number of alkyl halides is 3. The molecule has 0 aliphatic rings. The second-order valence-corrected chi connectivity index (χ2v) is 3.78. The molecular formula is C13H12F3NO2. The van der Waals surface area contributed by atoms with Crippen LogP contribution in [0.5, 0.6) is 0 Å². The minimum absolute atomic E-state index is 0.405. The summed E-state index contributed by atoms with van der Waals surface area (Å²) in [5, 5.41) is 2.43. The number of hydrogen-bond donors (Lipinski definition) is 1. The van der Waals surface area contributed by atoms with Gasteiger partial charge in [0.15, 0.2) is 0 Å². The van der Waals surface area contributed by atoms with E-state index in [0.29, 0.717) is 11.3 Å². The summed E-state index contributed by atoms with van der Waals surface area (Å²) in [6, 6.07) is 6.41. The summed E-state index contributed by atoms with van der Waals surface area (Å²) in [4.78, 5) is 11.6. The Morgan fingerprint density at radius 1 is 1.53 bits per heavy atom. The molecule has 0 unspecified atom stereocenters. The molecule has 1 aromatic carbocycles. The van der Waals surface area contributed by atoms with E-state index in [-0.39, 0.29) is 0 Å². The average molecular weight is 271 g/mol. The fraction of sp³-hybridized carbons (Fsp3) is 0.308. The van der Waals surface area contributed by atoms with E-state index in [0.717, 1.165) is 0 Å². The summed E-state index contributed by atoms with van der Waals surface area (Å²) >= 11 is 0. The lowest BCUT2D eigenvalue weighted by Gasteiger charge is -2.14. The molecule has 0 bridgehead atoms. The molecule has 0 spiro atoms.